The van der Waals surface area contributed by atoms with Gasteiger partial charge in [-0.2, -0.15) is 10.2 Å². The zero-order valence-electron chi connectivity index (χ0n) is 18.4. The third kappa shape index (κ3) is 3.98. The van der Waals surface area contributed by atoms with E-state index in [1.165, 1.54) is 6.07 Å². The normalized spacial score (nSPS) is 14.8. The molecule has 1 saturated heterocycles. The number of carbonyl (C=O) groups is 1. The van der Waals surface area contributed by atoms with Crippen molar-refractivity contribution in [2.45, 2.75) is 13.5 Å². The summed E-state index contributed by atoms with van der Waals surface area (Å²) in [5.41, 5.74) is 4.21. The molecule has 5 rings (SSSR count). The number of piperazine rings is 1. The molecule has 1 aliphatic rings. The van der Waals surface area contributed by atoms with Crippen LogP contribution in [0.5, 0.6) is 0 Å². The highest BCUT2D eigenvalue weighted by Gasteiger charge is 2.25. The average Bonchev–Trinajstić information content (AvgIpc) is 3.40. The minimum atomic E-state index is -0.308. The van der Waals surface area contributed by atoms with E-state index in [1.807, 2.05) is 20.0 Å². The van der Waals surface area contributed by atoms with E-state index in [1.54, 1.807) is 44.7 Å². The zero-order chi connectivity index (χ0) is 23.1. The summed E-state index contributed by atoms with van der Waals surface area (Å²) in [5, 5.41) is 9.30. The molecule has 0 radical (unpaired) electrons. The van der Waals surface area contributed by atoms with E-state index >= 15 is 0 Å². The molecule has 0 atom stereocenters. The van der Waals surface area contributed by atoms with Crippen LogP contribution in [-0.4, -0.2) is 66.3 Å². The van der Waals surface area contributed by atoms with Crippen LogP contribution in [0.4, 0.5) is 4.39 Å². The van der Waals surface area contributed by atoms with Crippen LogP contribution in [0.15, 0.2) is 42.7 Å². The van der Waals surface area contributed by atoms with Crippen LogP contribution in [0.2, 0.25) is 5.02 Å². The Balaban J connectivity index is 1.32. The summed E-state index contributed by atoms with van der Waals surface area (Å²) in [6, 6.07) is 8.29. The van der Waals surface area contributed by atoms with Crippen LogP contribution < -0.4 is 0 Å². The molecule has 8 nitrogen and oxygen atoms in total. The fraction of sp³-hybridized carbons (Fsp3) is 0.304. The van der Waals surface area contributed by atoms with Crippen molar-refractivity contribution >= 4 is 23.2 Å². The molecule has 4 aromatic rings. The van der Waals surface area contributed by atoms with Gasteiger partial charge in [-0.15, -0.1) is 0 Å². The Bertz CT molecular complexity index is 1320. The van der Waals surface area contributed by atoms with Crippen molar-refractivity contribution in [3.05, 3.63) is 70.5 Å². The minimum Gasteiger partial charge on any atom is -0.335 e. The van der Waals surface area contributed by atoms with Crippen LogP contribution in [0.25, 0.3) is 16.9 Å². The Morgan fingerprint density at radius 2 is 1.97 bits per heavy atom. The molecule has 4 heterocycles. The van der Waals surface area contributed by atoms with Crippen molar-refractivity contribution < 1.29 is 9.18 Å². The second-order valence-electron chi connectivity index (χ2n) is 8.17. The number of nitrogens with zero attached hydrogens (tertiary/aromatic N) is 7. The molecule has 0 aliphatic carbocycles. The maximum Gasteiger partial charge on any atom is 0.274 e. The lowest BCUT2D eigenvalue weighted by Crippen LogP contribution is -2.48. The van der Waals surface area contributed by atoms with Gasteiger partial charge in [0, 0.05) is 73.9 Å². The van der Waals surface area contributed by atoms with Crippen molar-refractivity contribution in [2.75, 3.05) is 26.2 Å². The molecule has 1 aromatic carbocycles. The van der Waals surface area contributed by atoms with Gasteiger partial charge in [0.05, 0.1) is 11.9 Å². The standard InChI is InChI=1S/C23H23ClFN7O/c1-15-16(13-27-29(15)2)21-6-7-26-22-12-20(28-32(21)22)23(33)31-10-8-30(9-11-31)14-17-18(24)4-3-5-19(17)25/h3-7,12-13H,8-11,14H2,1-2H3. The first-order valence-corrected chi connectivity index (χ1v) is 11.1. The maximum absolute atomic E-state index is 14.1. The first kappa shape index (κ1) is 21.5. The summed E-state index contributed by atoms with van der Waals surface area (Å²) in [6.45, 7) is 4.71. The van der Waals surface area contributed by atoms with Gasteiger partial charge in [0.25, 0.3) is 5.91 Å². The van der Waals surface area contributed by atoms with Crippen LogP contribution in [-0.2, 0) is 13.6 Å². The Morgan fingerprint density at radius 1 is 1.18 bits per heavy atom. The molecule has 170 valence electrons. The summed E-state index contributed by atoms with van der Waals surface area (Å²) in [7, 11) is 1.88. The van der Waals surface area contributed by atoms with Gasteiger partial charge < -0.3 is 4.90 Å². The molecular formula is C23H23ClFN7O. The Hall–Kier alpha value is -3.30. The second-order valence-corrected chi connectivity index (χ2v) is 8.57. The number of benzene rings is 1. The highest BCUT2D eigenvalue weighted by molar-refractivity contribution is 6.31. The van der Waals surface area contributed by atoms with Crippen molar-refractivity contribution in [3.8, 4) is 11.3 Å². The lowest BCUT2D eigenvalue weighted by atomic mass is 10.1. The molecule has 0 N–H and O–H groups in total. The Morgan fingerprint density at radius 3 is 2.67 bits per heavy atom. The third-order valence-corrected chi connectivity index (χ3v) is 6.55. The zero-order valence-corrected chi connectivity index (χ0v) is 19.1. The van der Waals surface area contributed by atoms with E-state index in [2.05, 4.69) is 20.1 Å². The van der Waals surface area contributed by atoms with Crippen molar-refractivity contribution in [3.63, 3.8) is 0 Å². The van der Waals surface area contributed by atoms with Crippen LogP contribution in [0.1, 0.15) is 21.7 Å². The predicted octanol–water partition coefficient (Wildman–Crippen LogP) is 3.19. The molecule has 33 heavy (non-hydrogen) atoms. The molecule has 0 bridgehead atoms. The van der Waals surface area contributed by atoms with Gasteiger partial charge in [0.15, 0.2) is 11.3 Å². The first-order chi connectivity index (χ1) is 15.9. The number of aryl methyl sites for hydroxylation is 1. The van der Waals surface area contributed by atoms with Gasteiger partial charge in [0.2, 0.25) is 0 Å². The molecule has 1 fully saturated rings. The number of amides is 1. The van der Waals surface area contributed by atoms with Crippen LogP contribution in [0, 0.1) is 12.7 Å². The van der Waals surface area contributed by atoms with E-state index < -0.39 is 0 Å². The highest BCUT2D eigenvalue weighted by Crippen LogP contribution is 2.24. The maximum atomic E-state index is 14.1. The summed E-state index contributed by atoms with van der Waals surface area (Å²) in [5.74, 6) is -0.448. The quantitative estimate of drug-likeness (QED) is 0.461. The fourth-order valence-electron chi connectivity index (χ4n) is 4.13. The monoisotopic (exact) mass is 467 g/mol. The van der Waals surface area contributed by atoms with Gasteiger partial charge in [-0.05, 0) is 25.1 Å². The fourth-order valence-corrected chi connectivity index (χ4v) is 4.35. The lowest BCUT2D eigenvalue weighted by Gasteiger charge is -2.34. The number of hydrogen-bond donors (Lipinski definition) is 0. The molecule has 10 heteroatoms. The van der Waals surface area contributed by atoms with E-state index in [9.17, 15) is 9.18 Å². The number of hydrogen-bond acceptors (Lipinski definition) is 5. The molecular weight excluding hydrogens is 445 g/mol. The summed E-state index contributed by atoms with van der Waals surface area (Å²) in [4.78, 5) is 21.4. The SMILES string of the molecule is Cc1c(-c2ccnc3cc(C(=O)N4CCN(Cc5c(F)cccc5Cl)CC4)nn23)cnn1C. The van der Waals surface area contributed by atoms with Gasteiger partial charge in [-0.25, -0.2) is 13.9 Å². The minimum absolute atomic E-state index is 0.141. The smallest absolute Gasteiger partial charge is 0.274 e. The molecule has 0 saturated carbocycles. The van der Waals surface area contributed by atoms with E-state index in [-0.39, 0.29) is 11.7 Å². The number of halogens is 2. The predicted molar refractivity (Wildman–Crippen MR) is 123 cm³/mol. The summed E-state index contributed by atoms with van der Waals surface area (Å²) < 4.78 is 17.6. The number of carbonyl (C=O) groups excluding carboxylic acids is 1. The molecule has 1 amide bonds. The van der Waals surface area contributed by atoms with Crippen molar-refractivity contribution in [1.82, 2.24) is 34.2 Å². The molecule has 0 unspecified atom stereocenters. The Kier molecular flexibility index (Phi) is 5.59. The van der Waals surface area contributed by atoms with Crippen LogP contribution >= 0.6 is 11.6 Å². The third-order valence-electron chi connectivity index (χ3n) is 6.19. The average molecular weight is 468 g/mol. The van der Waals surface area contributed by atoms with Crippen LogP contribution in [0.3, 0.4) is 0 Å². The Labute approximate surface area is 195 Å². The van der Waals surface area contributed by atoms with E-state index in [4.69, 9.17) is 11.6 Å². The van der Waals surface area contributed by atoms with E-state index in [0.717, 1.165) is 17.0 Å². The topological polar surface area (TPSA) is 71.6 Å². The van der Waals surface area contributed by atoms with E-state index in [0.29, 0.717) is 54.7 Å². The van der Waals surface area contributed by atoms with Gasteiger partial charge in [-0.1, -0.05) is 17.7 Å². The largest absolute Gasteiger partial charge is 0.335 e. The van der Waals surface area contributed by atoms with Gasteiger partial charge in [-0.3, -0.25) is 14.4 Å². The number of rotatable bonds is 4. The van der Waals surface area contributed by atoms with Gasteiger partial charge >= 0.3 is 0 Å². The second kappa shape index (κ2) is 8.57. The molecule has 3 aromatic heterocycles. The molecule has 0 spiro atoms. The summed E-state index contributed by atoms with van der Waals surface area (Å²) >= 11 is 6.16. The van der Waals surface area contributed by atoms with Gasteiger partial charge in [0.1, 0.15) is 5.82 Å². The lowest BCUT2D eigenvalue weighted by molar-refractivity contribution is 0.0621. The molecule has 1 aliphatic heterocycles. The van der Waals surface area contributed by atoms with Crippen molar-refractivity contribution in [1.29, 1.82) is 0 Å². The number of fused-ring (bicyclic) bond motifs is 1. The summed E-state index contributed by atoms with van der Waals surface area (Å²) in [6.07, 6.45) is 3.49. The van der Waals surface area contributed by atoms with Crippen molar-refractivity contribution in [2.24, 2.45) is 7.05 Å². The highest BCUT2D eigenvalue weighted by atomic mass is 35.5. The first-order valence-electron chi connectivity index (χ1n) is 10.7. The number of aromatic nitrogens is 5.